The van der Waals surface area contributed by atoms with Crippen molar-refractivity contribution in [2.24, 2.45) is 4.99 Å². The van der Waals surface area contributed by atoms with E-state index in [9.17, 15) is 23.1 Å². The zero-order valence-corrected chi connectivity index (χ0v) is 15.6. The second-order valence-corrected chi connectivity index (χ2v) is 9.39. The Hall–Kier alpha value is -2.07. The first kappa shape index (κ1) is 18.7. The Morgan fingerprint density at radius 1 is 1.35 bits per heavy atom. The fraction of sp³-hybridized carbons (Fsp3) is 0.438. The van der Waals surface area contributed by atoms with Gasteiger partial charge in [-0.2, -0.15) is 4.99 Å². The van der Waals surface area contributed by atoms with Gasteiger partial charge in [0.05, 0.1) is 24.7 Å². The molecule has 0 unspecified atom stereocenters. The van der Waals surface area contributed by atoms with Gasteiger partial charge in [-0.1, -0.05) is 17.8 Å². The van der Waals surface area contributed by atoms with E-state index in [4.69, 9.17) is 4.74 Å². The Bertz CT molecular complexity index is 867. The summed E-state index contributed by atoms with van der Waals surface area (Å²) in [5, 5.41) is 10.7. The van der Waals surface area contributed by atoms with Crippen molar-refractivity contribution in [1.82, 2.24) is 0 Å². The summed E-state index contributed by atoms with van der Waals surface area (Å²) in [5.41, 5.74) is 0.674. The number of carboxylic acids is 1. The quantitative estimate of drug-likeness (QED) is 0.672. The summed E-state index contributed by atoms with van der Waals surface area (Å²) in [6, 6.07) is 6.74. The van der Waals surface area contributed by atoms with Crippen molar-refractivity contribution < 1.29 is 27.9 Å². The maximum atomic E-state index is 12.0. The molecule has 1 aromatic rings. The van der Waals surface area contributed by atoms with Crippen molar-refractivity contribution in [3.8, 4) is 5.75 Å². The van der Waals surface area contributed by atoms with E-state index in [1.165, 1.54) is 18.9 Å². The van der Waals surface area contributed by atoms with Gasteiger partial charge in [0.25, 0.3) is 0 Å². The van der Waals surface area contributed by atoms with E-state index in [1.54, 1.807) is 29.2 Å². The largest absolute Gasteiger partial charge is 0.550 e. The summed E-state index contributed by atoms with van der Waals surface area (Å²) < 4.78 is 29.2. The molecule has 0 bridgehead atoms. The Morgan fingerprint density at radius 3 is 2.81 bits per heavy atom. The van der Waals surface area contributed by atoms with Gasteiger partial charge in [0.1, 0.15) is 5.75 Å². The van der Waals surface area contributed by atoms with Crippen LogP contribution in [0.1, 0.15) is 12.8 Å². The van der Waals surface area contributed by atoms with Crippen LogP contribution in [0.4, 0.5) is 5.69 Å². The minimum atomic E-state index is -3.16. The van der Waals surface area contributed by atoms with Crippen molar-refractivity contribution >= 4 is 44.3 Å². The highest BCUT2D eigenvalue weighted by molar-refractivity contribution is 8.16. The molecule has 0 spiro atoms. The van der Waals surface area contributed by atoms with Crippen LogP contribution in [0.15, 0.2) is 29.3 Å². The number of rotatable bonds is 5. The van der Waals surface area contributed by atoms with E-state index in [0.29, 0.717) is 16.6 Å². The highest BCUT2D eigenvalue weighted by Gasteiger charge is 2.49. The van der Waals surface area contributed by atoms with Crippen LogP contribution in [0.5, 0.6) is 5.75 Å². The predicted molar refractivity (Wildman–Crippen MR) is 96.0 cm³/mol. The molecule has 0 aliphatic carbocycles. The van der Waals surface area contributed by atoms with E-state index in [0.717, 1.165) is 0 Å². The first-order chi connectivity index (χ1) is 12.3. The van der Waals surface area contributed by atoms with E-state index in [-0.39, 0.29) is 29.2 Å². The number of aliphatic carboxylic acids is 1. The number of nitrogens with zero attached hydrogens (tertiary/aromatic N) is 2. The molecule has 1 aromatic carbocycles. The Labute approximate surface area is 155 Å². The number of hydrogen-bond acceptors (Lipinski definition) is 7. The summed E-state index contributed by atoms with van der Waals surface area (Å²) in [5.74, 6) is -1.29. The molecule has 0 N–H and O–H groups in total. The molecular formula is C16H17N2O6S2-. The molecular weight excluding hydrogens is 380 g/mol. The van der Waals surface area contributed by atoms with Crippen LogP contribution in [-0.2, 0) is 19.4 Å². The summed E-state index contributed by atoms with van der Waals surface area (Å²) in [6.45, 7) is 0. The van der Waals surface area contributed by atoms with Gasteiger partial charge >= 0.3 is 0 Å². The van der Waals surface area contributed by atoms with Gasteiger partial charge in [-0.3, -0.25) is 4.79 Å². The number of carboxylic acid groups (broad SMARTS) is 1. The van der Waals surface area contributed by atoms with Crippen LogP contribution < -0.4 is 14.7 Å². The van der Waals surface area contributed by atoms with Crippen molar-refractivity contribution in [2.75, 3.05) is 23.5 Å². The number of sulfone groups is 1. The summed E-state index contributed by atoms with van der Waals surface area (Å²) in [4.78, 5) is 28.3. The fourth-order valence-electron chi connectivity index (χ4n) is 3.00. The first-order valence-electron chi connectivity index (χ1n) is 7.91. The third-order valence-electron chi connectivity index (χ3n) is 4.16. The van der Waals surface area contributed by atoms with E-state index < -0.39 is 28.1 Å². The zero-order chi connectivity index (χ0) is 18.9. The lowest BCUT2D eigenvalue weighted by Gasteiger charge is -2.24. The van der Waals surface area contributed by atoms with Gasteiger partial charge < -0.3 is 19.5 Å². The number of thioether (sulfide) groups is 1. The molecule has 0 saturated carbocycles. The third-order valence-corrected chi connectivity index (χ3v) is 7.37. The first-order valence-corrected chi connectivity index (χ1v) is 10.6. The molecule has 10 heteroatoms. The number of hydrogen-bond donors (Lipinski definition) is 0. The fourth-order valence-corrected chi connectivity index (χ4v) is 6.93. The van der Waals surface area contributed by atoms with Gasteiger partial charge in [0.15, 0.2) is 15.0 Å². The highest BCUT2D eigenvalue weighted by atomic mass is 32.2. The molecule has 0 aromatic heterocycles. The molecule has 8 nitrogen and oxygen atoms in total. The van der Waals surface area contributed by atoms with Gasteiger partial charge in [-0.25, -0.2) is 8.42 Å². The highest BCUT2D eigenvalue weighted by Crippen LogP contribution is 2.41. The van der Waals surface area contributed by atoms with Gasteiger partial charge in [0.2, 0.25) is 5.91 Å². The molecule has 2 fully saturated rings. The van der Waals surface area contributed by atoms with E-state index in [2.05, 4.69) is 4.99 Å². The molecule has 2 atom stereocenters. The number of fused-ring (bicyclic) bond motifs is 1. The minimum absolute atomic E-state index is 0.0197. The molecule has 2 saturated heterocycles. The Kier molecular flexibility index (Phi) is 5.24. The van der Waals surface area contributed by atoms with E-state index >= 15 is 0 Å². The van der Waals surface area contributed by atoms with Crippen molar-refractivity contribution in [3.05, 3.63) is 24.3 Å². The number of ether oxygens (including phenoxy) is 1. The molecule has 3 rings (SSSR count). The molecule has 1 amide bonds. The number of anilines is 1. The summed E-state index contributed by atoms with van der Waals surface area (Å²) in [6.07, 6.45) is -0.660. The van der Waals surface area contributed by atoms with Crippen molar-refractivity contribution in [1.29, 1.82) is 0 Å². The third kappa shape index (κ3) is 4.01. The summed E-state index contributed by atoms with van der Waals surface area (Å²) >= 11 is 1.23. The average Bonchev–Trinajstić information content (AvgIpc) is 3.03. The normalized spacial score (nSPS) is 25.3. The monoisotopic (exact) mass is 397 g/mol. The van der Waals surface area contributed by atoms with Gasteiger partial charge in [-0.15, -0.1) is 0 Å². The second-order valence-electron chi connectivity index (χ2n) is 6.03. The number of benzene rings is 1. The lowest BCUT2D eigenvalue weighted by Crippen LogP contribution is -2.37. The van der Waals surface area contributed by atoms with Crippen LogP contribution in [-0.4, -0.2) is 55.4 Å². The van der Waals surface area contributed by atoms with Crippen molar-refractivity contribution in [2.45, 2.75) is 24.1 Å². The Balaban J connectivity index is 1.93. The lowest BCUT2D eigenvalue weighted by atomic mass is 10.2. The molecule has 2 aliphatic rings. The van der Waals surface area contributed by atoms with Gasteiger partial charge in [0, 0.05) is 29.4 Å². The minimum Gasteiger partial charge on any atom is -0.550 e. The topological polar surface area (TPSA) is 116 Å². The average molecular weight is 397 g/mol. The molecule has 0 radical (unpaired) electrons. The number of aliphatic imine (C=N–C) groups is 1. The standard InChI is InChI=1S/C16H18N2O6S2/c1-24-11-4-2-3-10(7-11)18-12-8-26(22,23)9-13(12)25-16(18)17-14(19)5-6-15(20)21/h2-4,7,12-13H,5-6,8-9H2,1H3,(H,20,21)/p-1/t12-,13-/m0/s1. The van der Waals surface area contributed by atoms with Crippen LogP contribution in [0, 0.1) is 0 Å². The van der Waals surface area contributed by atoms with Crippen LogP contribution >= 0.6 is 11.8 Å². The summed E-state index contributed by atoms with van der Waals surface area (Å²) in [7, 11) is -1.63. The molecule has 2 aliphatic heterocycles. The number of amides is 1. The van der Waals surface area contributed by atoms with Crippen molar-refractivity contribution in [3.63, 3.8) is 0 Å². The predicted octanol–water partition coefficient (Wildman–Crippen LogP) is -0.173. The SMILES string of the molecule is COc1cccc(N2C(=NC(=O)CCC(=O)[O-])S[C@H]3CS(=O)(=O)C[C@@H]32)c1. The van der Waals surface area contributed by atoms with Crippen LogP contribution in [0.25, 0.3) is 0 Å². The maximum absolute atomic E-state index is 12.0. The number of carbonyl (C=O) groups excluding carboxylic acids is 2. The zero-order valence-electron chi connectivity index (χ0n) is 14.0. The second kappa shape index (κ2) is 7.28. The van der Waals surface area contributed by atoms with Crippen LogP contribution in [0.3, 0.4) is 0 Å². The number of amidine groups is 1. The van der Waals surface area contributed by atoms with E-state index in [1.807, 2.05) is 0 Å². The smallest absolute Gasteiger partial charge is 0.248 e. The maximum Gasteiger partial charge on any atom is 0.248 e. The Morgan fingerprint density at radius 2 is 2.12 bits per heavy atom. The number of carbonyl (C=O) groups is 2. The lowest BCUT2D eigenvalue weighted by molar-refractivity contribution is -0.305. The molecule has 140 valence electrons. The van der Waals surface area contributed by atoms with Crippen LogP contribution in [0.2, 0.25) is 0 Å². The molecule has 26 heavy (non-hydrogen) atoms. The number of methoxy groups -OCH3 is 1. The molecule has 2 heterocycles. The van der Waals surface area contributed by atoms with Gasteiger partial charge in [-0.05, 0) is 18.6 Å².